The van der Waals surface area contributed by atoms with E-state index >= 15 is 0 Å². The standard InChI is InChI=1S/C12H21N5O/c1-16(2)7-4-8-17(3)11-6-5-10(9-14-11)12(13)15-18/h5-6,9,18H,4,7-8H2,1-3H3,(H2,13,15). The first-order chi connectivity index (χ1) is 8.54. The van der Waals surface area contributed by atoms with E-state index in [0.29, 0.717) is 5.56 Å². The summed E-state index contributed by atoms with van der Waals surface area (Å²) in [5.41, 5.74) is 6.09. The van der Waals surface area contributed by atoms with E-state index in [1.807, 2.05) is 13.1 Å². The number of rotatable bonds is 6. The van der Waals surface area contributed by atoms with E-state index in [-0.39, 0.29) is 5.84 Å². The summed E-state index contributed by atoms with van der Waals surface area (Å²) in [4.78, 5) is 8.52. The molecule has 0 bridgehead atoms. The monoisotopic (exact) mass is 251 g/mol. The van der Waals surface area contributed by atoms with Crippen molar-refractivity contribution < 1.29 is 5.21 Å². The molecule has 6 heteroatoms. The maximum atomic E-state index is 8.55. The Morgan fingerprint density at radius 1 is 1.33 bits per heavy atom. The van der Waals surface area contributed by atoms with Gasteiger partial charge in [-0.25, -0.2) is 4.98 Å². The SMILES string of the molecule is CN(C)CCCN(C)c1ccc(C(N)=NO)cn1. The van der Waals surface area contributed by atoms with E-state index in [0.717, 1.165) is 25.3 Å². The molecule has 1 rings (SSSR count). The maximum absolute atomic E-state index is 8.55. The van der Waals surface area contributed by atoms with Crippen molar-refractivity contribution in [1.29, 1.82) is 0 Å². The fourth-order valence-corrected chi connectivity index (χ4v) is 1.56. The predicted octanol–water partition coefficient (Wildman–Crippen LogP) is 0.564. The summed E-state index contributed by atoms with van der Waals surface area (Å²) in [5.74, 6) is 0.951. The molecule has 0 aliphatic carbocycles. The molecular weight excluding hydrogens is 230 g/mol. The first kappa shape index (κ1) is 14.2. The minimum Gasteiger partial charge on any atom is -0.409 e. The van der Waals surface area contributed by atoms with Crippen LogP contribution in [0.5, 0.6) is 0 Å². The van der Waals surface area contributed by atoms with Gasteiger partial charge >= 0.3 is 0 Å². The van der Waals surface area contributed by atoms with Crippen LogP contribution in [-0.4, -0.2) is 55.2 Å². The second-order valence-corrected chi connectivity index (χ2v) is 4.47. The Morgan fingerprint density at radius 2 is 2.06 bits per heavy atom. The van der Waals surface area contributed by atoms with E-state index in [2.05, 4.69) is 34.0 Å². The minimum atomic E-state index is 0.0734. The summed E-state index contributed by atoms with van der Waals surface area (Å²) < 4.78 is 0. The molecule has 100 valence electrons. The summed E-state index contributed by atoms with van der Waals surface area (Å²) in [5, 5.41) is 11.5. The largest absolute Gasteiger partial charge is 0.409 e. The highest BCUT2D eigenvalue weighted by atomic mass is 16.4. The lowest BCUT2D eigenvalue weighted by Gasteiger charge is -2.19. The molecule has 18 heavy (non-hydrogen) atoms. The third-order valence-electron chi connectivity index (χ3n) is 2.64. The number of oxime groups is 1. The van der Waals surface area contributed by atoms with Gasteiger partial charge in [0, 0.05) is 25.4 Å². The number of anilines is 1. The molecule has 0 fully saturated rings. The second-order valence-electron chi connectivity index (χ2n) is 4.47. The summed E-state index contributed by atoms with van der Waals surface area (Å²) in [6, 6.07) is 3.66. The van der Waals surface area contributed by atoms with Crippen LogP contribution in [0.2, 0.25) is 0 Å². The van der Waals surface area contributed by atoms with Crippen molar-refractivity contribution in [1.82, 2.24) is 9.88 Å². The van der Waals surface area contributed by atoms with Gasteiger partial charge in [-0.3, -0.25) is 0 Å². The van der Waals surface area contributed by atoms with Crippen LogP contribution in [0.3, 0.4) is 0 Å². The fraction of sp³-hybridized carbons (Fsp3) is 0.500. The van der Waals surface area contributed by atoms with Gasteiger partial charge in [0.2, 0.25) is 0 Å². The van der Waals surface area contributed by atoms with Crippen LogP contribution in [-0.2, 0) is 0 Å². The van der Waals surface area contributed by atoms with Crippen molar-refractivity contribution in [2.75, 3.05) is 39.1 Å². The molecular formula is C12H21N5O. The summed E-state index contributed by atoms with van der Waals surface area (Å²) in [6.45, 7) is 1.99. The lowest BCUT2D eigenvalue weighted by Crippen LogP contribution is -2.24. The second kappa shape index (κ2) is 6.80. The summed E-state index contributed by atoms with van der Waals surface area (Å²) in [6.07, 6.45) is 2.68. The molecule has 0 saturated carbocycles. The van der Waals surface area contributed by atoms with Crippen LogP contribution < -0.4 is 10.6 Å². The molecule has 0 aromatic carbocycles. The third kappa shape index (κ3) is 4.21. The quantitative estimate of drug-likeness (QED) is 0.334. The van der Waals surface area contributed by atoms with Gasteiger partial charge in [0.15, 0.2) is 5.84 Å². The van der Waals surface area contributed by atoms with Crippen molar-refractivity contribution in [2.45, 2.75) is 6.42 Å². The van der Waals surface area contributed by atoms with Crippen molar-refractivity contribution >= 4 is 11.7 Å². The van der Waals surface area contributed by atoms with Crippen LogP contribution in [0.4, 0.5) is 5.82 Å². The number of aromatic nitrogens is 1. The third-order valence-corrected chi connectivity index (χ3v) is 2.64. The van der Waals surface area contributed by atoms with Gasteiger partial charge in [-0.05, 0) is 39.2 Å². The number of amidine groups is 1. The Hall–Kier alpha value is -1.82. The molecule has 1 aromatic rings. The molecule has 0 aliphatic rings. The van der Waals surface area contributed by atoms with E-state index in [1.165, 1.54) is 0 Å². The highest BCUT2D eigenvalue weighted by molar-refractivity contribution is 5.96. The average molecular weight is 251 g/mol. The number of hydrogen-bond acceptors (Lipinski definition) is 5. The molecule has 3 N–H and O–H groups in total. The Kier molecular flexibility index (Phi) is 5.38. The van der Waals surface area contributed by atoms with E-state index in [9.17, 15) is 0 Å². The first-order valence-electron chi connectivity index (χ1n) is 5.84. The normalized spacial score (nSPS) is 11.9. The molecule has 1 aromatic heterocycles. The summed E-state index contributed by atoms with van der Waals surface area (Å²) in [7, 11) is 6.12. The van der Waals surface area contributed by atoms with Crippen molar-refractivity contribution in [3.8, 4) is 0 Å². The van der Waals surface area contributed by atoms with Gasteiger partial charge in [-0.1, -0.05) is 5.16 Å². The molecule has 6 nitrogen and oxygen atoms in total. The van der Waals surface area contributed by atoms with Crippen molar-refractivity contribution in [3.05, 3.63) is 23.9 Å². The highest BCUT2D eigenvalue weighted by Gasteiger charge is 2.04. The molecule has 0 amide bonds. The van der Waals surface area contributed by atoms with Crippen LogP contribution >= 0.6 is 0 Å². The fourth-order valence-electron chi connectivity index (χ4n) is 1.56. The van der Waals surface area contributed by atoms with Gasteiger partial charge in [-0.15, -0.1) is 0 Å². The van der Waals surface area contributed by atoms with E-state index in [4.69, 9.17) is 10.9 Å². The van der Waals surface area contributed by atoms with E-state index in [1.54, 1.807) is 12.3 Å². The van der Waals surface area contributed by atoms with Crippen LogP contribution in [0.1, 0.15) is 12.0 Å². The zero-order chi connectivity index (χ0) is 13.5. The zero-order valence-electron chi connectivity index (χ0n) is 11.2. The van der Waals surface area contributed by atoms with Crippen molar-refractivity contribution in [3.63, 3.8) is 0 Å². The predicted molar refractivity (Wildman–Crippen MR) is 73.2 cm³/mol. The van der Waals surface area contributed by atoms with Crippen LogP contribution in [0.25, 0.3) is 0 Å². The smallest absolute Gasteiger partial charge is 0.171 e. The maximum Gasteiger partial charge on any atom is 0.171 e. The highest BCUT2D eigenvalue weighted by Crippen LogP contribution is 2.09. The number of nitrogens with zero attached hydrogens (tertiary/aromatic N) is 4. The van der Waals surface area contributed by atoms with Gasteiger partial charge < -0.3 is 20.7 Å². The molecule has 0 spiro atoms. The van der Waals surface area contributed by atoms with Gasteiger partial charge in [0.05, 0.1) is 0 Å². The molecule has 0 saturated heterocycles. The summed E-state index contributed by atoms with van der Waals surface area (Å²) >= 11 is 0. The van der Waals surface area contributed by atoms with Gasteiger partial charge in [0.1, 0.15) is 5.82 Å². The van der Waals surface area contributed by atoms with Crippen molar-refractivity contribution in [2.24, 2.45) is 10.9 Å². The number of nitrogens with two attached hydrogens (primary N) is 1. The molecule has 1 heterocycles. The number of pyridine rings is 1. The average Bonchev–Trinajstić information content (AvgIpc) is 2.37. The Bertz CT molecular complexity index is 388. The molecule has 0 aliphatic heterocycles. The molecule has 0 unspecified atom stereocenters. The van der Waals surface area contributed by atoms with Crippen LogP contribution in [0, 0.1) is 0 Å². The Labute approximate surface area is 108 Å². The van der Waals surface area contributed by atoms with Gasteiger partial charge in [0.25, 0.3) is 0 Å². The molecule has 0 radical (unpaired) electrons. The first-order valence-corrected chi connectivity index (χ1v) is 5.84. The Balaban J connectivity index is 2.56. The van der Waals surface area contributed by atoms with Gasteiger partial charge in [-0.2, -0.15) is 0 Å². The minimum absolute atomic E-state index is 0.0734. The lowest BCUT2D eigenvalue weighted by molar-refractivity contribution is 0.318. The molecule has 0 atom stereocenters. The zero-order valence-corrected chi connectivity index (χ0v) is 11.2. The Morgan fingerprint density at radius 3 is 2.56 bits per heavy atom. The van der Waals surface area contributed by atoms with E-state index < -0.39 is 0 Å². The van der Waals surface area contributed by atoms with Crippen LogP contribution in [0.15, 0.2) is 23.5 Å². The number of hydrogen-bond donors (Lipinski definition) is 2. The lowest BCUT2D eigenvalue weighted by atomic mass is 10.2. The topological polar surface area (TPSA) is 78.0 Å².